The average Bonchev–Trinajstić information content (AvgIpc) is 3.24. The molecule has 0 spiro atoms. The van der Waals surface area contributed by atoms with Crippen molar-refractivity contribution >= 4 is 11.9 Å². The molecule has 2 saturated heterocycles. The molecule has 1 atom stereocenters. The zero-order valence-electron chi connectivity index (χ0n) is 19.2. The van der Waals surface area contributed by atoms with E-state index in [1.807, 2.05) is 6.92 Å². The first kappa shape index (κ1) is 22.3. The first-order valence-corrected chi connectivity index (χ1v) is 12.0. The lowest BCUT2D eigenvalue weighted by Crippen LogP contribution is -2.51. The quantitative estimate of drug-likeness (QED) is 0.703. The Morgan fingerprint density at radius 3 is 2.64 bits per heavy atom. The van der Waals surface area contributed by atoms with E-state index in [-0.39, 0.29) is 18.2 Å². The van der Waals surface area contributed by atoms with Gasteiger partial charge in [0.1, 0.15) is 11.5 Å². The Kier molecular flexibility index (Phi) is 6.85. The number of piperidine rings is 1. The summed E-state index contributed by atoms with van der Waals surface area (Å²) in [5.74, 6) is 0.552. The van der Waals surface area contributed by atoms with Crippen LogP contribution in [-0.4, -0.2) is 59.3 Å². The number of allylic oxidation sites excluding steroid dienone is 1. The molecule has 33 heavy (non-hydrogen) atoms. The Balaban J connectivity index is 1.20. The summed E-state index contributed by atoms with van der Waals surface area (Å²) in [6.07, 6.45) is 6.67. The lowest BCUT2D eigenvalue weighted by atomic mass is 10.0. The van der Waals surface area contributed by atoms with Gasteiger partial charge in [0.05, 0.1) is 18.1 Å². The van der Waals surface area contributed by atoms with Gasteiger partial charge in [0.25, 0.3) is 0 Å². The minimum absolute atomic E-state index is 0.276. The molecular weight excluding hydrogens is 419 g/mol. The maximum absolute atomic E-state index is 14.9. The summed E-state index contributed by atoms with van der Waals surface area (Å²) in [6, 6.07) is 11.2. The smallest absolute Gasteiger partial charge is 0.174 e. The van der Waals surface area contributed by atoms with Gasteiger partial charge in [0.15, 0.2) is 12.1 Å². The fraction of sp³-hybridized carbons (Fsp3) is 0.520. The van der Waals surface area contributed by atoms with E-state index in [1.54, 1.807) is 6.20 Å². The Labute approximate surface area is 194 Å². The molecule has 5 rings (SSSR count). The minimum Gasteiger partial charge on any atom is -0.381 e. The highest BCUT2D eigenvalue weighted by atomic mass is 19.1. The normalized spacial score (nSPS) is 23.2. The van der Waals surface area contributed by atoms with Crippen molar-refractivity contribution in [2.24, 2.45) is 4.99 Å². The zero-order valence-corrected chi connectivity index (χ0v) is 19.2. The number of halogens is 1. The molecule has 2 N–H and O–H groups in total. The molecule has 2 aromatic rings. The van der Waals surface area contributed by atoms with E-state index in [4.69, 9.17) is 4.74 Å². The number of likely N-dealkylation sites (tertiary alicyclic amines) is 1. The predicted molar refractivity (Wildman–Crippen MR) is 127 cm³/mol. The Bertz CT molecular complexity index is 990. The highest BCUT2D eigenvalue weighted by Gasteiger charge is 2.28. The number of benzene rings is 1. The van der Waals surface area contributed by atoms with E-state index in [9.17, 15) is 4.39 Å². The van der Waals surface area contributed by atoms with Crippen LogP contribution in [0.5, 0.6) is 0 Å². The summed E-state index contributed by atoms with van der Waals surface area (Å²) in [6.45, 7) is 6.50. The van der Waals surface area contributed by atoms with Gasteiger partial charge in [-0.3, -0.25) is 15.2 Å². The van der Waals surface area contributed by atoms with Crippen LogP contribution in [0.15, 0.2) is 47.3 Å². The van der Waals surface area contributed by atoms with E-state index in [0.717, 1.165) is 70.0 Å². The lowest BCUT2D eigenvalue weighted by molar-refractivity contribution is 0.0688. The Morgan fingerprint density at radius 2 is 1.88 bits per heavy atom. The molecule has 176 valence electrons. The summed E-state index contributed by atoms with van der Waals surface area (Å²) in [7, 11) is 0. The molecule has 3 aliphatic rings. The van der Waals surface area contributed by atoms with Crippen LogP contribution in [0.2, 0.25) is 0 Å². The summed E-state index contributed by atoms with van der Waals surface area (Å²) >= 11 is 0. The summed E-state index contributed by atoms with van der Waals surface area (Å²) < 4.78 is 22.5. The van der Waals surface area contributed by atoms with Crippen LogP contribution in [0.3, 0.4) is 0 Å². The molecule has 0 aliphatic carbocycles. The van der Waals surface area contributed by atoms with Crippen LogP contribution in [0, 0.1) is 6.92 Å². The number of aliphatic imine (C=N–C) groups is 1. The van der Waals surface area contributed by atoms with Gasteiger partial charge in [0, 0.05) is 31.8 Å². The number of ether oxygens (including phenoxy) is 1. The molecule has 0 radical (unpaired) electrons. The number of nitrogens with zero attached hydrogens (tertiary/aromatic N) is 4. The number of aromatic nitrogens is 2. The standard InChI is InChI=1S/C25H33FN6O/c1-18-27-16-23(32(18)21-9-13-33-14-10-21)24-22(26)15-28-25(30-24)29-20-7-11-31(12-8-20)17-19-5-3-2-4-6-19/h2-6,15-16,20-21,25,29-30H,7-14,17H2,1H3. The summed E-state index contributed by atoms with van der Waals surface area (Å²) in [4.78, 5) is 11.4. The SMILES string of the molecule is Cc1ncc(C2=C(F)C=NC(NC3CCN(Cc4ccccc4)CC3)N2)n1C1CCOCC1. The van der Waals surface area contributed by atoms with Crippen molar-refractivity contribution in [2.45, 2.75) is 57.5 Å². The lowest BCUT2D eigenvalue weighted by Gasteiger charge is -2.35. The highest BCUT2D eigenvalue weighted by molar-refractivity contribution is 5.89. The molecule has 1 aromatic carbocycles. The van der Waals surface area contributed by atoms with Crippen LogP contribution in [0.4, 0.5) is 4.39 Å². The third-order valence-corrected chi connectivity index (χ3v) is 6.88. The van der Waals surface area contributed by atoms with E-state index in [2.05, 4.69) is 60.4 Å². The van der Waals surface area contributed by atoms with Gasteiger partial charge in [-0.25, -0.2) is 9.37 Å². The van der Waals surface area contributed by atoms with Crippen LogP contribution in [0.25, 0.3) is 5.70 Å². The van der Waals surface area contributed by atoms with E-state index < -0.39 is 0 Å². The molecular formula is C25H33FN6O. The van der Waals surface area contributed by atoms with E-state index in [1.165, 1.54) is 11.8 Å². The maximum Gasteiger partial charge on any atom is 0.174 e. The highest BCUT2D eigenvalue weighted by Crippen LogP contribution is 2.29. The van der Waals surface area contributed by atoms with Gasteiger partial charge in [-0.05, 0) is 51.3 Å². The van der Waals surface area contributed by atoms with Crippen LogP contribution >= 0.6 is 0 Å². The van der Waals surface area contributed by atoms with Gasteiger partial charge in [-0.1, -0.05) is 30.3 Å². The van der Waals surface area contributed by atoms with Crippen molar-refractivity contribution in [1.29, 1.82) is 0 Å². The first-order valence-electron chi connectivity index (χ1n) is 12.0. The minimum atomic E-state index is -0.348. The maximum atomic E-state index is 14.9. The van der Waals surface area contributed by atoms with E-state index >= 15 is 0 Å². The molecule has 0 saturated carbocycles. The number of imidazole rings is 1. The van der Waals surface area contributed by atoms with Crippen LogP contribution in [0.1, 0.15) is 48.8 Å². The molecule has 1 aromatic heterocycles. The van der Waals surface area contributed by atoms with Crippen molar-refractivity contribution in [2.75, 3.05) is 26.3 Å². The topological polar surface area (TPSA) is 66.7 Å². The Hall–Kier alpha value is -2.55. The van der Waals surface area contributed by atoms with Gasteiger partial charge in [0.2, 0.25) is 0 Å². The van der Waals surface area contributed by atoms with Gasteiger partial charge >= 0.3 is 0 Å². The summed E-state index contributed by atoms with van der Waals surface area (Å²) in [5, 5.41) is 6.88. The predicted octanol–water partition coefficient (Wildman–Crippen LogP) is 3.39. The molecule has 0 bridgehead atoms. The van der Waals surface area contributed by atoms with E-state index in [0.29, 0.717) is 11.7 Å². The Morgan fingerprint density at radius 1 is 1.12 bits per heavy atom. The van der Waals surface area contributed by atoms with Crippen molar-refractivity contribution in [1.82, 2.24) is 25.1 Å². The monoisotopic (exact) mass is 452 g/mol. The second kappa shape index (κ2) is 10.2. The molecule has 8 heteroatoms. The van der Waals surface area contributed by atoms with Crippen molar-refractivity contribution < 1.29 is 9.13 Å². The number of hydrogen-bond acceptors (Lipinski definition) is 6. The average molecular weight is 453 g/mol. The first-order chi connectivity index (χ1) is 16.2. The van der Waals surface area contributed by atoms with Crippen LogP contribution in [-0.2, 0) is 11.3 Å². The fourth-order valence-electron chi connectivity index (χ4n) is 5.09. The molecule has 1 unspecified atom stereocenters. The number of nitrogens with one attached hydrogen (secondary N) is 2. The second-order valence-electron chi connectivity index (χ2n) is 9.15. The third-order valence-electron chi connectivity index (χ3n) is 6.88. The van der Waals surface area contributed by atoms with Crippen LogP contribution < -0.4 is 10.6 Å². The molecule has 2 fully saturated rings. The third kappa shape index (κ3) is 5.18. The largest absolute Gasteiger partial charge is 0.381 e. The van der Waals surface area contributed by atoms with Crippen molar-refractivity contribution in [3.63, 3.8) is 0 Å². The molecule has 7 nitrogen and oxygen atoms in total. The number of hydrogen-bond donors (Lipinski definition) is 2. The second-order valence-corrected chi connectivity index (χ2v) is 9.15. The van der Waals surface area contributed by atoms with Crippen molar-refractivity contribution in [3.8, 4) is 0 Å². The number of aryl methyl sites for hydroxylation is 1. The van der Waals surface area contributed by atoms with Gasteiger partial charge in [-0.2, -0.15) is 0 Å². The zero-order chi connectivity index (χ0) is 22.6. The molecule has 4 heterocycles. The summed E-state index contributed by atoms with van der Waals surface area (Å²) in [5.41, 5.74) is 2.60. The molecule has 3 aliphatic heterocycles. The fourth-order valence-corrected chi connectivity index (χ4v) is 5.09. The number of rotatable bonds is 6. The van der Waals surface area contributed by atoms with Gasteiger partial charge < -0.3 is 14.6 Å². The van der Waals surface area contributed by atoms with Gasteiger partial charge in [-0.15, -0.1) is 0 Å². The van der Waals surface area contributed by atoms with Crippen molar-refractivity contribution in [3.05, 3.63) is 59.4 Å². The molecule has 0 amide bonds.